The second-order valence-electron chi connectivity index (χ2n) is 4.22. The van der Waals surface area contributed by atoms with Crippen LogP contribution >= 0.6 is 0 Å². The van der Waals surface area contributed by atoms with Crippen molar-refractivity contribution >= 4 is 10.9 Å². The lowest BCUT2D eigenvalue weighted by Gasteiger charge is -2.17. The summed E-state index contributed by atoms with van der Waals surface area (Å²) in [5.74, 6) is 1.06. The van der Waals surface area contributed by atoms with E-state index in [0.717, 1.165) is 5.88 Å². The van der Waals surface area contributed by atoms with Crippen molar-refractivity contribution in [1.82, 2.24) is 0 Å². The standard InChI is InChI=1S/C13H15NS.2ClHO4/c1-15(13-8-4-2-5-9-13)12-14-10-6-3-7-11-14;2*2-1(3,4)5/h2-11H,12H2,1H3;2*(H,2,3,4,5)/q+2;;/p-2. The highest BCUT2D eigenvalue weighted by atomic mass is 35.7. The monoisotopic (exact) mass is 415 g/mol. The molecule has 25 heavy (non-hydrogen) atoms. The minimum absolute atomic E-state index is 0.279. The van der Waals surface area contributed by atoms with Crippen molar-refractivity contribution in [2.45, 2.75) is 10.8 Å². The molecule has 1 aromatic heterocycles. The predicted molar refractivity (Wildman–Crippen MR) is 64.6 cm³/mol. The fraction of sp³-hybridized carbons (Fsp3) is 0.154. The maximum absolute atomic E-state index is 8.49. The van der Waals surface area contributed by atoms with Crippen molar-refractivity contribution in [2.24, 2.45) is 0 Å². The third-order valence-corrected chi connectivity index (χ3v) is 4.03. The van der Waals surface area contributed by atoms with E-state index in [1.54, 1.807) is 0 Å². The molecular weight excluding hydrogens is 401 g/mol. The number of pyridine rings is 1. The van der Waals surface area contributed by atoms with Gasteiger partial charge in [-0.15, -0.1) is 20.5 Å². The number of rotatable bonds is 3. The molecule has 9 nitrogen and oxygen atoms in total. The Morgan fingerprint density at radius 2 is 1.08 bits per heavy atom. The zero-order valence-corrected chi connectivity index (χ0v) is 15.2. The van der Waals surface area contributed by atoms with Crippen LogP contribution in [-0.2, 0) is 16.8 Å². The van der Waals surface area contributed by atoms with Gasteiger partial charge in [-0.3, -0.25) is 0 Å². The molecule has 1 atom stereocenters. The minimum Gasteiger partial charge on any atom is -0.222 e. The van der Waals surface area contributed by atoms with E-state index >= 15 is 0 Å². The molecule has 0 radical (unpaired) electrons. The normalized spacial score (nSPS) is 12.2. The molecule has 2 aromatic rings. The number of halogens is 2. The van der Waals surface area contributed by atoms with Crippen molar-refractivity contribution in [3.8, 4) is 0 Å². The molecule has 0 saturated heterocycles. The number of hydrogen-bond acceptors (Lipinski definition) is 8. The van der Waals surface area contributed by atoms with Crippen LogP contribution in [0, 0.1) is 20.5 Å². The summed E-state index contributed by atoms with van der Waals surface area (Å²) in [6.07, 6.45) is 6.52. The van der Waals surface area contributed by atoms with Crippen LogP contribution in [0.1, 0.15) is 0 Å². The Morgan fingerprint density at radius 1 is 0.720 bits per heavy atom. The van der Waals surface area contributed by atoms with E-state index in [9.17, 15) is 0 Å². The zero-order valence-electron chi connectivity index (χ0n) is 12.9. The van der Waals surface area contributed by atoms with Crippen LogP contribution in [0.3, 0.4) is 0 Å². The Labute approximate surface area is 151 Å². The Kier molecular flexibility index (Phi) is 11.1. The number of aromatic nitrogens is 1. The van der Waals surface area contributed by atoms with Gasteiger partial charge in [0.1, 0.15) is 6.26 Å². The summed E-state index contributed by atoms with van der Waals surface area (Å²) in [4.78, 5) is 1.42. The van der Waals surface area contributed by atoms with E-state index in [2.05, 4.69) is 65.7 Å². The molecule has 1 unspecified atom stereocenters. The Hall–Kier alpha value is -1.02. The molecule has 0 amide bonds. The van der Waals surface area contributed by atoms with Gasteiger partial charge in [0.05, 0.1) is 10.9 Å². The highest BCUT2D eigenvalue weighted by molar-refractivity contribution is 7.95. The van der Waals surface area contributed by atoms with Crippen molar-refractivity contribution < 1.29 is 62.3 Å². The molecule has 1 heterocycles. The first-order valence-corrected chi connectivity index (χ1v) is 10.5. The quantitative estimate of drug-likeness (QED) is 0.348. The van der Waals surface area contributed by atoms with E-state index < -0.39 is 20.5 Å². The molecular formula is C13H15Cl2NO8S. The third kappa shape index (κ3) is 19.2. The number of benzene rings is 1. The average Bonchev–Trinajstić information content (AvgIpc) is 2.46. The molecule has 140 valence electrons. The summed E-state index contributed by atoms with van der Waals surface area (Å²) in [6.45, 7) is 0. The van der Waals surface area contributed by atoms with Crippen molar-refractivity contribution in [3.05, 3.63) is 60.9 Å². The lowest BCUT2D eigenvalue weighted by Crippen LogP contribution is -2.68. The SMILES string of the molecule is C[S+](C[n+]1ccccc1)c1ccccc1.[O-][Cl+3]([O-])([O-])[O-].[O-][Cl+3]([O-])([O-])[O-]. The van der Waals surface area contributed by atoms with Gasteiger partial charge in [0.15, 0.2) is 17.3 Å². The second kappa shape index (κ2) is 11.6. The van der Waals surface area contributed by atoms with Gasteiger partial charge in [0.2, 0.25) is 0 Å². The summed E-state index contributed by atoms with van der Waals surface area (Å²) in [5.41, 5.74) is 0. The minimum atomic E-state index is -4.94. The van der Waals surface area contributed by atoms with Gasteiger partial charge in [0, 0.05) is 12.1 Å². The highest BCUT2D eigenvalue weighted by Crippen LogP contribution is 2.09. The summed E-state index contributed by atoms with van der Waals surface area (Å²) in [6, 6.07) is 16.9. The lowest BCUT2D eigenvalue weighted by atomic mass is 10.4. The molecule has 0 aliphatic heterocycles. The molecule has 0 spiro atoms. The molecule has 12 heteroatoms. The molecule has 0 saturated carbocycles. The third-order valence-electron chi connectivity index (χ3n) is 2.27. The van der Waals surface area contributed by atoms with Crippen LogP contribution < -0.4 is 41.8 Å². The largest absolute Gasteiger partial charge is 0.304 e. The number of hydrogen-bond donors (Lipinski definition) is 0. The van der Waals surface area contributed by atoms with Crippen LogP contribution in [0.4, 0.5) is 0 Å². The molecule has 0 bridgehead atoms. The van der Waals surface area contributed by atoms with Crippen molar-refractivity contribution in [3.63, 3.8) is 0 Å². The van der Waals surface area contributed by atoms with Gasteiger partial charge in [0.25, 0.3) is 0 Å². The van der Waals surface area contributed by atoms with Crippen LogP contribution in [0.5, 0.6) is 0 Å². The molecule has 0 N–H and O–H groups in total. The van der Waals surface area contributed by atoms with E-state index in [-0.39, 0.29) is 10.9 Å². The fourth-order valence-corrected chi connectivity index (χ4v) is 2.86. The van der Waals surface area contributed by atoms with Gasteiger partial charge in [-0.2, -0.15) is 4.57 Å². The topological polar surface area (TPSA) is 188 Å². The van der Waals surface area contributed by atoms with E-state index in [4.69, 9.17) is 37.3 Å². The van der Waals surface area contributed by atoms with Gasteiger partial charge in [-0.1, -0.05) is 24.3 Å². The van der Waals surface area contributed by atoms with Gasteiger partial charge >= 0.3 is 5.88 Å². The zero-order chi connectivity index (χ0) is 19.5. The summed E-state index contributed by atoms with van der Waals surface area (Å²) >= 11 is 0. The molecule has 0 fully saturated rings. The Morgan fingerprint density at radius 3 is 1.48 bits per heavy atom. The Balaban J connectivity index is 0.000000480. The van der Waals surface area contributed by atoms with Crippen LogP contribution in [0.25, 0.3) is 0 Å². The fourth-order valence-electron chi connectivity index (χ4n) is 1.47. The summed E-state index contributed by atoms with van der Waals surface area (Å²) < 4.78 is 70.2. The van der Waals surface area contributed by atoms with Crippen LogP contribution in [0.2, 0.25) is 0 Å². The molecule has 0 aliphatic rings. The Bertz CT molecular complexity index is 556. The number of nitrogens with zero attached hydrogens (tertiary/aromatic N) is 1. The van der Waals surface area contributed by atoms with Crippen molar-refractivity contribution in [2.75, 3.05) is 6.26 Å². The van der Waals surface area contributed by atoms with Gasteiger partial charge in [-0.05, 0) is 12.1 Å². The average molecular weight is 416 g/mol. The lowest BCUT2D eigenvalue weighted by molar-refractivity contribution is -2.00. The van der Waals surface area contributed by atoms with E-state index in [1.165, 1.54) is 4.90 Å². The first-order chi connectivity index (χ1) is 11.4. The summed E-state index contributed by atoms with van der Waals surface area (Å²) in [7, 11) is -9.61. The van der Waals surface area contributed by atoms with E-state index in [1.807, 2.05) is 6.07 Å². The van der Waals surface area contributed by atoms with Crippen LogP contribution in [0.15, 0.2) is 65.8 Å². The van der Waals surface area contributed by atoms with Crippen LogP contribution in [-0.4, -0.2) is 6.26 Å². The van der Waals surface area contributed by atoms with Gasteiger partial charge < -0.3 is 0 Å². The van der Waals surface area contributed by atoms with Crippen molar-refractivity contribution in [1.29, 1.82) is 0 Å². The molecule has 0 aliphatic carbocycles. The smallest absolute Gasteiger partial charge is 0.222 e. The van der Waals surface area contributed by atoms with Gasteiger partial charge in [-0.25, -0.2) is 37.3 Å². The molecule has 2 rings (SSSR count). The maximum atomic E-state index is 8.49. The van der Waals surface area contributed by atoms with E-state index in [0.29, 0.717) is 0 Å². The first kappa shape index (κ1) is 24.0. The highest BCUT2D eigenvalue weighted by Gasteiger charge is 2.19. The second-order valence-corrected chi connectivity index (χ2v) is 7.74. The predicted octanol–water partition coefficient (Wildman–Crippen LogP) is -7.27. The molecule has 1 aromatic carbocycles. The summed E-state index contributed by atoms with van der Waals surface area (Å²) in [5, 5.41) is 0. The first-order valence-electron chi connectivity index (χ1n) is 6.21. The maximum Gasteiger partial charge on any atom is 0.304 e.